The van der Waals surface area contributed by atoms with Crippen molar-refractivity contribution in [1.82, 2.24) is 5.43 Å². The molecule has 2 amide bonds. The van der Waals surface area contributed by atoms with Crippen LogP contribution in [0.1, 0.15) is 49.8 Å². The maximum Gasteiger partial charge on any atom is 0.339 e. The SMILES string of the molecule is COc1ccccc1NC(=O)N/N=C\c1cc2c(cc1C)N(C)C(C)(C)CC2C. The minimum absolute atomic E-state index is 0.132. The molecule has 0 saturated heterocycles. The number of hydrogen-bond acceptors (Lipinski definition) is 4. The maximum absolute atomic E-state index is 12.2. The van der Waals surface area contributed by atoms with Gasteiger partial charge < -0.3 is 15.0 Å². The molecule has 6 heteroatoms. The second-order valence-corrected chi connectivity index (χ2v) is 8.27. The van der Waals surface area contributed by atoms with Crippen LogP contribution in [0.25, 0.3) is 0 Å². The average Bonchev–Trinajstić information content (AvgIpc) is 2.67. The standard InChI is InChI=1S/C23H30N4O2/c1-15-11-20-18(16(2)13-23(3,4)27(20)5)12-17(15)14-24-26-22(28)25-19-9-7-8-10-21(19)29-6/h7-12,14,16H,13H2,1-6H3,(H2,25,26,28)/b24-14-. The van der Waals surface area contributed by atoms with Crippen molar-refractivity contribution in [2.24, 2.45) is 5.10 Å². The number of anilines is 2. The van der Waals surface area contributed by atoms with Gasteiger partial charge in [-0.25, -0.2) is 10.2 Å². The summed E-state index contributed by atoms with van der Waals surface area (Å²) in [4.78, 5) is 14.5. The molecule has 0 saturated carbocycles. The third-order valence-corrected chi connectivity index (χ3v) is 5.75. The highest BCUT2D eigenvalue weighted by atomic mass is 16.5. The number of urea groups is 1. The van der Waals surface area contributed by atoms with Crippen molar-refractivity contribution in [1.29, 1.82) is 0 Å². The van der Waals surface area contributed by atoms with Gasteiger partial charge in [-0.05, 0) is 74.1 Å². The van der Waals surface area contributed by atoms with Gasteiger partial charge in [0.1, 0.15) is 5.75 Å². The number of methoxy groups -OCH3 is 1. The van der Waals surface area contributed by atoms with Crippen molar-refractivity contribution < 1.29 is 9.53 Å². The lowest BCUT2D eigenvalue weighted by Crippen LogP contribution is -2.45. The number of rotatable bonds is 4. The number of hydrazone groups is 1. The number of benzene rings is 2. The Balaban J connectivity index is 1.73. The number of carbonyl (C=O) groups is 1. The molecular formula is C23H30N4O2. The second-order valence-electron chi connectivity index (χ2n) is 8.27. The fourth-order valence-corrected chi connectivity index (χ4v) is 3.93. The number of carbonyl (C=O) groups excluding carboxylic acids is 1. The third kappa shape index (κ3) is 4.36. The van der Waals surface area contributed by atoms with Gasteiger partial charge in [-0.15, -0.1) is 0 Å². The van der Waals surface area contributed by atoms with E-state index < -0.39 is 6.03 Å². The molecule has 29 heavy (non-hydrogen) atoms. The van der Waals surface area contributed by atoms with Gasteiger partial charge in [-0.1, -0.05) is 19.1 Å². The largest absolute Gasteiger partial charge is 0.495 e. The van der Waals surface area contributed by atoms with Crippen LogP contribution in [-0.2, 0) is 0 Å². The van der Waals surface area contributed by atoms with E-state index in [-0.39, 0.29) is 5.54 Å². The van der Waals surface area contributed by atoms with Crippen LogP contribution in [0.4, 0.5) is 16.2 Å². The van der Waals surface area contributed by atoms with E-state index in [0.717, 1.165) is 17.5 Å². The Morgan fingerprint density at radius 2 is 2.03 bits per heavy atom. The monoisotopic (exact) mass is 394 g/mol. The lowest BCUT2D eigenvalue weighted by molar-refractivity contribution is 0.252. The van der Waals surface area contributed by atoms with E-state index in [1.165, 1.54) is 11.3 Å². The van der Waals surface area contributed by atoms with Crippen molar-refractivity contribution in [2.75, 3.05) is 24.4 Å². The zero-order valence-electron chi connectivity index (χ0n) is 18.0. The van der Waals surface area contributed by atoms with Gasteiger partial charge in [-0.3, -0.25) is 0 Å². The summed E-state index contributed by atoms with van der Waals surface area (Å²) in [6, 6.07) is 11.2. The molecule has 1 unspecified atom stereocenters. The zero-order chi connectivity index (χ0) is 21.2. The topological polar surface area (TPSA) is 66.0 Å². The highest BCUT2D eigenvalue weighted by molar-refractivity contribution is 5.92. The number of nitrogens with one attached hydrogen (secondary N) is 2. The van der Waals surface area contributed by atoms with Gasteiger partial charge >= 0.3 is 6.03 Å². The molecule has 0 aliphatic carbocycles. The van der Waals surface area contributed by atoms with Crippen LogP contribution >= 0.6 is 0 Å². The van der Waals surface area contributed by atoms with E-state index in [1.807, 2.05) is 12.1 Å². The first-order valence-electron chi connectivity index (χ1n) is 9.84. The lowest BCUT2D eigenvalue weighted by Gasteiger charge is -2.45. The molecule has 2 aromatic rings. The highest BCUT2D eigenvalue weighted by Gasteiger charge is 2.34. The molecule has 0 radical (unpaired) electrons. The van der Waals surface area contributed by atoms with Gasteiger partial charge in [0.2, 0.25) is 0 Å². The molecule has 0 aromatic heterocycles. The van der Waals surface area contributed by atoms with E-state index in [9.17, 15) is 4.79 Å². The smallest absolute Gasteiger partial charge is 0.339 e. The molecule has 1 aliphatic rings. The molecule has 1 atom stereocenters. The molecule has 2 N–H and O–H groups in total. The van der Waals surface area contributed by atoms with E-state index in [4.69, 9.17) is 4.74 Å². The third-order valence-electron chi connectivity index (χ3n) is 5.75. The molecule has 0 spiro atoms. The number of ether oxygens (including phenoxy) is 1. The Morgan fingerprint density at radius 3 is 2.76 bits per heavy atom. The van der Waals surface area contributed by atoms with Crippen molar-refractivity contribution in [3.05, 3.63) is 53.1 Å². The van der Waals surface area contributed by atoms with Crippen LogP contribution in [0, 0.1) is 6.92 Å². The van der Waals surface area contributed by atoms with Crippen molar-refractivity contribution in [3.63, 3.8) is 0 Å². The summed E-state index contributed by atoms with van der Waals surface area (Å²) in [7, 11) is 3.72. The fraction of sp³-hybridized carbons (Fsp3) is 0.391. The fourth-order valence-electron chi connectivity index (χ4n) is 3.93. The van der Waals surface area contributed by atoms with E-state index in [0.29, 0.717) is 17.4 Å². The van der Waals surface area contributed by atoms with Crippen molar-refractivity contribution >= 4 is 23.6 Å². The molecule has 154 valence electrons. The van der Waals surface area contributed by atoms with Gasteiger partial charge in [0, 0.05) is 18.3 Å². The average molecular weight is 395 g/mol. The highest BCUT2D eigenvalue weighted by Crippen LogP contribution is 2.43. The lowest BCUT2D eigenvalue weighted by atomic mass is 9.79. The van der Waals surface area contributed by atoms with Crippen LogP contribution in [0.5, 0.6) is 5.75 Å². The summed E-state index contributed by atoms with van der Waals surface area (Å²) in [6.45, 7) is 8.89. The minimum atomic E-state index is -0.420. The van der Waals surface area contributed by atoms with E-state index in [1.54, 1.807) is 25.5 Å². The summed E-state index contributed by atoms with van der Waals surface area (Å²) >= 11 is 0. The Labute approximate surface area is 172 Å². The molecule has 0 fully saturated rings. The Morgan fingerprint density at radius 1 is 1.31 bits per heavy atom. The quantitative estimate of drug-likeness (QED) is 0.574. The van der Waals surface area contributed by atoms with Crippen LogP contribution in [0.15, 0.2) is 41.5 Å². The second kappa shape index (κ2) is 8.15. The summed E-state index contributed by atoms with van der Waals surface area (Å²) in [5.74, 6) is 1.06. The molecule has 1 heterocycles. The normalized spacial score (nSPS) is 17.7. The first-order chi connectivity index (χ1) is 13.7. The molecule has 0 bridgehead atoms. The number of fused-ring (bicyclic) bond motifs is 1. The first-order valence-corrected chi connectivity index (χ1v) is 9.84. The molecule has 3 rings (SSSR count). The predicted octanol–water partition coefficient (Wildman–Crippen LogP) is 4.88. The van der Waals surface area contributed by atoms with Crippen LogP contribution in [-0.4, -0.2) is 31.9 Å². The van der Waals surface area contributed by atoms with E-state index in [2.05, 4.69) is 67.6 Å². The maximum atomic E-state index is 12.2. The van der Waals surface area contributed by atoms with Crippen LogP contribution in [0.3, 0.4) is 0 Å². The summed E-state index contributed by atoms with van der Waals surface area (Å²) < 4.78 is 5.24. The number of para-hydroxylation sites is 2. The van der Waals surface area contributed by atoms with Crippen LogP contribution in [0.2, 0.25) is 0 Å². The van der Waals surface area contributed by atoms with Crippen molar-refractivity contribution in [3.8, 4) is 5.75 Å². The first kappa shape index (κ1) is 20.7. The van der Waals surface area contributed by atoms with Gasteiger partial charge in [-0.2, -0.15) is 5.10 Å². The number of aryl methyl sites for hydroxylation is 1. The van der Waals surface area contributed by atoms with E-state index >= 15 is 0 Å². The summed E-state index contributed by atoms with van der Waals surface area (Å²) in [5.41, 5.74) is 7.95. The number of hydrogen-bond donors (Lipinski definition) is 2. The number of nitrogens with zero attached hydrogens (tertiary/aromatic N) is 2. The zero-order valence-corrected chi connectivity index (χ0v) is 18.0. The molecule has 6 nitrogen and oxygen atoms in total. The Hall–Kier alpha value is -3.02. The summed E-state index contributed by atoms with van der Waals surface area (Å²) in [5, 5.41) is 6.87. The summed E-state index contributed by atoms with van der Waals surface area (Å²) in [6.07, 6.45) is 2.79. The van der Waals surface area contributed by atoms with Crippen molar-refractivity contribution in [2.45, 2.75) is 45.6 Å². The molecular weight excluding hydrogens is 364 g/mol. The van der Waals surface area contributed by atoms with Gasteiger partial charge in [0.25, 0.3) is 0 Å². The Kier molecular flexibility index (Phi) is 5.82. The van der Waals surface area contributed by atoms with Crippen LogP contribution < -0.4 is 20.4 Å². The van der Waals surface area contributed by atoms with Gasteiger partial charge in [0.05, 0.1) is 19.0 Å². The molecule has 1 aliphatic heterocycles. The molecule has 2 aromatic carbocycles. The number of amides is 2. The minimum Gasteiger partial charge on any atom is -0.495 e. The Bertz CT molecular complexity index is 936. The predicted molar refractivity (Wildman–Crippen MR) is 119 cm³/mol. The van der Waals surface area contributed by atoms with Gasteiger partial charge in [0.15, 0.2) is 0 Å².